The Morgan fingerprint density at radius 3 is 2.46 bits per heavy atom. The van der Waals surface area contributed by atoms with Gasteiger partial charge >= 0.3 is 0 Å². The van der Waals surface area contributed by atoms with Crippen LogP contribution in [0.2, 0.25) is 0 Å². The maximum atomic E-state index is 12.7. The molecular weight excluding hydrogens is 352 g/mol. The van der Waals surface area contributed by atoms with Gasteiger partial charge in [-0.25, -0.2) is 0 Å². The summed E-state index contributed by atoms with van der Waals surface area (Å²) in [6, 6.07) is 16.1. The quantitative estimate of drug-likeness (QED) is 0.772. The fourth-order valence-corrected chi connectivity index (χ4v) is 3.89. The van der Waals surface area contributed by atoms with Crippen LogP contribution in [0.15, 0.2) is 48.5 Å². The molecule has 2 aromatic carbocycles. The maximum absolute atomic E-state index is 12.7. The van der Waals surface area contributed by atoms with Crippen molar-refractivity contribution < 1.29 is 19.2 Å². The van der Waals surface area contributed by atoms with Gasteiger partial charge in [-0.05, 0) is 24.6 Å². The fourth-order valence-electron chi connectivity index (χ4n) is 3.89. The zero-order valence-corrected chi connectivity index (χ0v) is 17.0. The Morgan fingerprint density at radius 2 is 1.82 bits per heavy atom. The van der Waals surface area contributed by atoms with E-state index in [4.69, 9.17) is 9.47 Å². The average molecular weight is 384 g/mol. The van der Waals surface area contributed by atoms with Crippen LogP contribution in [0.1, 0.15) is 36.9 Å². The second kappa shape index (κ2) is 9.60. The van der Waals surface area contributed by atoms with Gasteiger partial charge in [-0.3, -0.25) is 4.79 Å². The normalized spacial score (nSPS) is 20.2. The maximum Gasteiger partial charge on any atom is 0.224 e. The third kappa shape index (κ3) is 5.04. The summed E-state index contributed by atoms with van der Waals surface area (Å²) in [5.74, 6) is 1.95. The van der Waals surface area contributed by atoms with Crippen molar-refractivity contribution in [2.75, 3.05) is 27.3 Å². The molecule has 0 aromatic heterocycles. The van der Waals surface area contributed by atoms with Crippen LogP contribution in [0.4, 0.5) is 0 Å². The van der Waals surface area contributed by atoms with Gasteiger partial charge < -0.3 is 19.7 Å². The zero-order valence-electron chi connectivity index (χ0n) is 17.0. The molecule has 1 heterocycles. The Labute approximate surface area is 167 Å². The van der Waals surface area contributed by atoms with Gasteiger partial charge in [0.2, 0.25) is 5.91 Å². The van der Waals surface area contributed by atoms with Crippen molar-refractivity contribution in [3.8, 4) is 11.5 Å². The van der Waals surface area contributed by atoms with Crippen molar-refractivity contribution in [2.24, 2.45) is 5.92 Å². The third-order valence-corrected chi connectivity index (χ3v) is 5.66. The number of carbonyl (C=O) groups is 1. The van der Waals surface area contributed by atoms with Crippen LogP contribution in [0.25, 0.3) is 0 Å². The number of piperidine rings is 1. The van der Waals surface area contributed by atoms with Crippen molar-refractivity contribution in [1.82, 2.24) is 5.32 Å². The highest BCUT2D eigenvalue weighted by atomic mass is 16.5. The van der Waals surface area contributed by atoms with Crippen molar-refractivity contribution in [1.29, 1.82) is 0 Å². The van der Waals surface area contributed by atoms with Gasteiger partial charge in [-0.15, -0.1) is 0 Å². The van der Waals surface area contributed by atoms with E-state index in [2.05, 4.69) is 23.5 Å². The number of quaternary nitrogens is 1. The Bertz CT molecular complexity index is 771. The van der Waals surface area contributed by atoms with Gasteiger partial charge in [-0.2, -0.15) is 0 Å². The van der Waals surface area contributed by atoms with Crippen LogP contribution < -0.4 is 19.7 Å². The molecule has 0 bridgehead atoms. The van der Waals surface area contributed by atoms with Crippen LogP contribution in [0.3, 0.4) is 0 Å². The minimum absolute atomic E-state index is 0.0441. The SMILES string of the molecule is COc1ccc(C[NH+]2CCC(C(=O)N[C@H](C)c3ccccc3)CC2)c(OC)c1. The van der Waals surface area contributed by atoms with Gasteiger partial charge in [-0.1, -0.05) is 30.3 Å². The molecule has 2 aromatic rings. The van der Waals surface area contributed by atoms with Crippen molar-refractivity contribution in [3.05, 3.63) is 59.7 Å². The summed E-state index contributed by atoms with van der Waals surface area (Å²) in [6.45, 7) is 4.94. The number of hydrogen-bond donors (Lipinski definition) is 2. The molecule has 0 aliphatic carbocycles. The van der Waals surface area contributed by atoms with Gasteiger partial charge in [0.05, 0.1) is 33.4 Å². The highest BCUT2D eigenvalue weighted by Crippen LogP contribution is 2.24. The summed E-state index contributed by atoms with van der Waals surface area (Å²) in [4.78, 5) is 14.2. The number of carbonyl (C=O) groups excluding carboxylic acids is 1. The smallest absolute Gasteiger partial charge is 0.224 e. The minimum atomic E-state index is 0.0441. The minimum Gasteiger partial charge on any atom is -0.497 e. The van der Waals surface area contributed by atoms with Gasteiger partial charge in [0.15, 0.2) is 0 Å². The molecule has 0 saturated carbocycles. The Kier molecular flexibility index (Phi) is 6.93. The highest BCUT2D eigenvalue weighted by Gasteiger charge is 2.28. The van der Waals surface area contributed by atoms with E-state index in [0.29, 0.717) is 0 Å². The zero-order chi connectivity index (χ0) is 19.9. The predicted octanol–water partition coefficient (Wildman–Crippen LogP) is 2.38. The number of rotatable bonds is 7. The van der Waals surface area contributed by atoms with Crippen molar-refractivity contribution >= 4 is 5.91 Å². The lowest BCUT2D eigenvalue weighted by Gasteiger charge is -2.29. The summed E-state index contributed by atoms with van der Waals surface area (Å²) in [5, 5.41) is 3.18. The standard InChI is InChI=1S/C23H30N2O3/c1-17(18-7-5-4-6-8-18)24-23(26)19-11-13-25(14-12-19)16-20-9-10-21(27-2)15-22(20)28-3/h4-10,15,17,19H,11-14,16H2,1-3H3,(H,24,26)/p+1/t17-/m1/s1. The van der Waals surface area contributed by atoms with Crippen LogP contribution in [-0.4, -0.2) is 33.2 Å². The van der Waals surface area contributed by atoms with Crippen LogP contribution in [0.5, 0.6) is 11.5 Å². The van der Waals surface area contributed by atoms with Crippen LogP contribution >= 0.6 is 0 Å². The summed E-state index contributed by atoms with van der Waals surface area (Å²) >= 11 is 0. The highest BCUT2D eigenvalue weighted by molar-refractivity contribution is 5.79. The topological polar surface area (TPSA) is 52.0 Å². The first kappa shape index (κ1) is 20.2. The fraction of sp³-hybridized carbons (Fsp3) is 0.435. The van der Waals surface area contributed by atoms with E-state index in [1.165, 1.54) is 10.5 Å². The molecule has 28 heavy (non-hydrogen) atoms. The van der Waals surface area contributed by atoms with Crippen molar-refractivity contribution in [3.63, 3.8) is 0 Å². The molecule has 5 nitrogen and oxygen atoms in total. The van der Waals surface area contributed by atoms with E-state index in [1.54, 1.807) is 14.2 Å². The van der Waals surface area contributed by atoms with E-state index in [-0.39, 0.29) is 17.9 Å². The number of hydrogen-bond acceptors (Lipinski definition) is 3. The van der Waals surface area contributed by atoms with E-state index in [1.807, 2.05) is 37.3 Å². The molecule has 3 rings (SSSR count). The molecule has 0 radical (unpaired) electrons. The first-order valence-corrected chi connectivity index (χ1v) is 10.0. The number of amides is 1. The van der Waals surface area contributed by atoms with Gasteiger partial charge in [0.1, 0.15) is 18.0 Å². The van der Waals surface area contributed by atoms with E-state index in [0.717, 1.165) is 49.5 Å². The lowest BCUT2D eigenvalue weighted by Crippen LogP contribution is -3.11. The molecular formula is C23H31N2O3+. The number of benzene rings is 2. The average Bonchev–Trinajstić information content (AvgIpc) is 2.75. The van der Waals surface area contributed by atoms with E-state index in [9.17, 15) is 4.79 Å². The lowest BCUT2D eigenvalue weighted by molar-refractivity contribution is -0.919. The monoisotopic (exact) mass is 383 g/mol. The van der Waals surface area contributed by atoms with Gasteiger partial charge in [0, 0.05) is 30.4 Å². The summed E-state index contributed by atoms with van der Waals surface area (Å²) in [7, 11) is 3.35. The number of methoxy groups -OCH3 is 2. The molecule has 0 unspecified atom stereocenters. The molecule has 2 N–H and O–H groups in total. The molecule has 1 amide bonds. The molecule has 1 aliphatic heterocycles. The van der Waals surface area contributed by atoms with Gasteiger partial charge in [0.25, 0.3) is 0 Å². The van der Waals surface area contributed by atoms with Crippen LogP contribution in [0, 0.1) is 5.92 Å². The number of nitrogens with one attached hydrogen (secondary N) is 2. The molecule has 5 heteroatoms. The molecule has 150 valence electrons. The predicted molar refractivity (Wildman–Crippen MR) is 110 cm³/mol. The first-order chi connectivity index (χ1) is 13.6. The van der Waals surface area contributed by atoms with Crippen molar-refractivity contribution in [2.45, 2.75) is 32.4 Å². The largest absolute Gasteiger partial charge is 0.497 e. The Balaban J connectivity index is 1.51. The molecule has 1 saturated heterocycles. The molecule has 1 aliphatic rings. The Morgan fingerprint density at radius 1 is 1.11 bits per heavy atom. The Hall–Kier alpha value is -2.53. The molecule has 0 spiro atoms. The first-order valence-electron chi connectivity index (χ1n) is 10.0. The van der Waals surface area contributed by atoms with E-state index < -0.39 is 0 Å². The summed E-state index contributed by atoms with van der Waals surface area (Å²) < 4.78 is 10.8. The summed E-state index contributed by atoms with van der Waals surface area (Å²) in [6.07, 6.45) is 1.84. The van der Waals surface area contributed by atoms with E-state index >= 15 is 0 Å². The summed E-state index contributed by atoms with van der Waals surface area (Å²) in [5.41, 5.74) is 2.32. The molecule has 1 fully saturated rings. The lowest BCUT2D eigenvalue weighted by atomic mass is 9.94. The number of ether oxygens (including phenoxy) is 2. The third-order valence-electron chi connectivity index (χ3n) is 5.66. The second-order valence-corrected chi connectivity index (χ2v) is 7.52. The molecule has 1 atom stereocenters. The van der Waals surface area contributed by atoms with Crippen LogP contribution in [-0.2, 0) is 11.3 Å². The second-order valence-electron chi connectivity index (χ2n) is 7.52. The number of likely N-dealkylation sites (tertiary alicyclic amines) is 1.